The largest absolute Gasteiger partial charge is 0.466 e. The Morgan fingerprint density at radius 2 is 1.52 bits per heavy atom. The molecule has 0 radical (unpaired) electrons. The molecule has 4 atom stereocenters. The summed E-state index contributed by atoms with van der Waals surface area (Å²) in [6.45, 7) is 2.55. The monoisotopic (exact) mass is 458 g/mol. The van der Waals surface area contributed by atoms with Crippen LogP contribution in [-0.4, -0.2) is 55.1 Å². The first-order chi connectivity index (χ1) is 15.8. The Balaban J connectivity index is 1.70. The Labute approximate surface area is 191 Å². The molecule has 0 aliphatic carbocycles. The summed E-state index contributed by atoms with van der Waals surface area (Å²) in [7, 11) is 0. The van der Waals surface area contributed by atoms with Gasteiger partial charge in [0.1, 0.15) is 18.8 Å². The van der Waals surface area contributed by atoms with Gasteiger partial charge >= 0.3 is 17.9 Å². The molecule has 0 aromatic heterocycles. The lowest BCUT2D eigenvalue weighted by molar-refractivity contribution is -0.141. The lowest BCUT2D eigenvalue weighted by atomic mass is 9.91. The molecular formula is C25H27FO7. The van der Waals surface area contributed by atoms with E-state index in [-0.39, 0.29) is 25.2 Å². The normalized spacial score (nSPS) is 24.2. The smallest absolute Gasteiger partial charge is 0.338 e. The summed E-state index contributed by atoms with van der Waals surface area (Å²) in [4.78, 5) is 35.9. The predicted octanol–water partition coefficient (Wildman–Crippen LogP) is 3.91. The molecule has 3 rings (SSSR count). The molecule has 1 fully saturated rings. The number of benzene rings is 2. The van der Waals surface area contributed by atoms with Gasteiger partial charge in [-0.25, -0.2) is 14.0 Å². The summed E-state index contributed by atoms with van der Waals surface area (Å²) in [5.74, 6) is -1.71. The molecular weight excluding hydrogens is 431 g/mol. The van der Waals surface area contributed by atoms with Crippen molar-refractivity contribution in [1.29, 1.82) is 0 Å². The van der Waals surface area contributed by atoms with E-state index in [1.807, 2.05) is 0 Å². The number of carbonyl (C=O) groups excluding carboxylic acids is 3. The third kappa shape index (κ3) is 6.16. The lowest BCUT2D eigenvalue weighted by Gasteiger charge is -2.31. The molecule has 0 spiro atoms. The van der Waals surface area contributed by atoms with Gasteiger partial charge in [-0.1, -0.05) is 36.4 Å². The van der Waals surface area contributed by atoms with E-state index >= 15 is 4.39 Å². The van der Waals surface area contributed by atoms with E-state index in [0.717, 1.165) is 0 Å². The summed E-state index contributed by atoms with van der Waals surface area (Å²) in [6, 6.07) is 16.6. The number of hydrogen-bond acceptors (Lipinski definition) is 7. The maximum Gasteiger partial charge on any atom is 0.338 e. The Hall–Kier alpha value is -3.26. The fraction of sp³-hybridized carbons (Fsp3) is 0.400. The van der Waals surface area contributed by atoms with Gasteiger partial charge in [-0.2, -0.15) is 0 Å². The summed E-state index contributed by atoms with van der Waals surface area (Å²) in [5.41, 5.74) is -1.00. The number of esters is 3. The molecule has 7 nitrogen and oxygen atoms in total. The van der Waals surface area contributed by atoms with Crippen molar-refractivity contribution >= 4 is 17.9 Å². The maximum atomic E-state index is 15.6. The van der Waals surface area contributed by atoms with E-state index in [0.29, 0.717) is 12.0 Å². The molecule has 1 unspecified atom stereocenters. The minimum Gasteiger partial charge on any atom is -0.466 e. The van der Waals surface area contributed by atoms with Crippen LogP contribution in [0.15, 0.2) is 60.7 Å². The lowest BCUT2D eigenvalue weighted by Crippen LogP contribution is -2.48. The summed E-state index contributed by atoms with van der Waals surface area (Å²) in [5, 5.41) is 0. The van der Waals surface area contributed by atoms with Gasteiger partial charge in [0.25, 0.3) is 0 Å². The van der Waals surface area contributed by atoms with Crippen LogP contribution in [0.1, 0.15) is 47.4 Å². The second-order valence-electron chi connectivity index (χ2n) is 7.95. The van der Waals surface area contributed by atoms with Gasteiger partial charge in [0.2, 0.25) is 0 Å². The first-order valence-corrected chi connectivity index (χ1v) is 10.7. The van der Waals surface area contributed by atoms with Crippen LogP contribution in [0.3, 0.4) is 0 Å². The van der Waals surface area contributed by atoms with Crippen LogP contribution in [0, 0.1) is 0 Å². The number of alkyl halides is 1. The van der Waals surface area contributed by atoms with Gasteiger partial charge in [-0.3, -0.25) is 4.79 Å². The van der Waals surface area contributed by atoms with Gasteiger partial charge in [-0.05, 0) is 44.0 Å². The Morgan fingerprint density at radius 3 is 2.09 bits per heavy atom. The first kappa shape index (κ1) is 24.4. The molecule has 1 saturated heterocycles. The van der Waals surface area contributed by atoms with Crippen molar-refractivity contribution in [3.63, 3.8) is 0 Å². The third-order valence-corrected chi connectivity index (χ3v) is 5.48. The molecule has 1 aliphatic heterocycles. The van der Waals surface area contributed by atoms with E-state index < -0.39 is 41.9 Å². The fourth-order valence-corrected chi connectivity index (χ4v) is 3.70. The van der Waals surface area contributed by atoms with E-state index in [1.54, 1.807) is 60.7 Å². The standard InChI is InChI=1S/C25H27FO7/c1-17(27)30-15-9-14-21-25(2,33-24(29)19-12-7-4-8-13-19)22(26)20(32-21)16-31-23(28)18-10-5-3-6-11-18/h3-8,10-13,20-22H,9,14-16H2,1-2H3/t20-,21+,22+,25?/m1/s1. The topological polar surface area (TPSA) is 88.1 Å². The summed E-state index contributed by atoms with van der Waals surface area (Å²) < 4.78 is 37.2. The highest BCUT2D eigenvalue weighted by Crippen LogP contribution is 2.39. The van der Waals surface area contributed by atoms with Crippen molar-refractivity contribution in [2.45, 2.75) is 50.7 Å². The number of rotatable bonds is 9. The minimum atomic E-state index is -1.74. The van der Waals surface area contributed by atoms with E-state index in [2.05, 4.69) is 0 Å². The molecule has 0 bridgehead atoms. The van der Waals surface area contributed by atoms with Gasteiger partial charge in [0, 0.05) is 6.92 Å². The van der Waals surface area contributed by atoms with Gasteiger partial charge in [0.05, 0.1) is 17.7 Å². The van der Waals surface area contributed by atoms with Crippen molar-refractivity contribution in [1.82, 2.24) is 0 Å². The number of carbonyl (C=O) groups is 3. The first-order valence-electron chi connectivity index (χ1n) is 10.7. The average molecular weight is 458 g/mol. The van der Waals surface area contributed by atoms with Crippen LogP contribution in [0.2, 0.25) is 0 Å². The maximum absolute atomic E-state index is 15.6. The zero-order chi connectivity index (χ0) is 23.8. The second-order valence-corrected chi connectivity index (χ2v) is 7.95. The molecule has 1 aliphatic rings. The predicted molar refractivity (Wildman–Crippen MR) is 116 cm³/mol. The van der Waals surface area contributed by atoms with Crippen LogP contribution < -0.4 is 0 Å². The Kier molecular flexibility index (Phi) is 8.16. The van der Waals surface area contributed by atoms with Crippen LogP contribution >= 0.6 is 0 Å². The quantitative estimate of drug-likeness (QED) is 0.320. The summed E-state index contributed by atoms with van der Waals surface area (Å²) >= 11 is 0. The Bertz CT molecular complexity index is 950. The van der Waals surface area contributed by atoms with E-state index in [1.165, 1.54) is 13.8 Å². The van der Waals surface area contributed by atoms with Gasteiger partial charge in [-0.15, -0.1) is 0 Å². The fourth-order valence-electron chi connectivity index (χ4n) is 3.70. The zero-order valence-electron chi connectivity index (χ0n) is 18.6. The third-order valence-electron chi connectivity index (χ3n) is 5.48. The zero-order valence-corrected chi connectivity index (χ0v) is 18.6. The van der Waals surface area contributed by atoms with Crippen molar-refractivity contribution in [3.8, 4) is 0 Å². The second kappa shape index (κ2) is 11.0. The van der Waals surface area contributed by atoms with Crippen LogP contribution in [-0.2, 0) is 23.7 Å². The van der Waals surface area contributed by atoms with E-state index in [9.17, 15) is 14.4 Å². The van der Waals surface area contributed by atoms with Crippen LogP contribution in [0.25, 0.3) is 0 Å². The van der Waals surface area contributed by atoms with Crippen molar-refractivity contribution in [3.05, 3.63) is 71.8 Å². The molecule has 33 heavy (non-hydrogen) atoms. The highest BCUT2D eigenvalue weighted by Gasteiger charge is 2.57. The molecule has 2 aromatic carbocycles. The Morgan fingerprint density at radius 1 is 0.939 bits per heavy atom. The average Bonchev–Trinajstić information content (AvgIpc) is 3.05. The number of halogens is 1. The molecule has 0 N–H and O–H groups in total. The van der Waals surface area contributed by atoms with Crippen molar-refractivity contribution in [2.24, 2.45) is 0 Å². The SMILES string of the molecule is CC(=O)OCCC[C@@H]1O[C@H](COC(=O)c2ccccc2)[C@H](F)C1(C)OC(=O)c1ccccc1. The summed E-state index contributed by atoms with van der Waals surface area (Å²) in [6.07, 6.45) is -3.03. The number of ether oxygens (including phenoxy) is 4. The minimum absolute atomic E-state index is 0.127. The van der Waals surface area contributed by atoms with Crippen molar-refractivity contribution in [2.75, 3.05) is 13.2 Å². The molecule has 2 aromatic rings. The highest BCUT2D eigenvalue weighted by atomic mass is 19.1. The van der Waals surface area contributed by atoms with Crippen molar-refractivity contribution < 1.29 is 37.7 Å². The molecule has 176 valence electrons. The van der Waals surface area contributed by atoms with Gasteiger partial charge < -0.3 is 18.9 Å². The number of hydrogen-bond donors (Lipinski definition) is 0. The molecule has 0 saturated carbocycles. The molecule has 0 amide bonds. The van der Waals surface area contributed by atoms with Crippen LogP contribution in [0.4, 0.5) is 4.39 Å². The molecule has 1 heterocycles. The van der Waals surface area contributed by atoms with Gasteiger partial charge in [0.15, 0.2) is 11.8 Å². The highest BCUT2D eigenvalue weighted by molar-refractivity contribution is 5.90. The molecule has 8 heteroatoms. The van der Waals surface area contributed by atoms with E-state index in [4.69, 9.17) is 18.9 Å². The van der Waals surface area contributed by atoms with Crippen LogP contribution in [0.5, 0.6) is 0 Å².